The number of hydrogen-bond acceptors (Lipinski definition) is 6. The number of nitrogens with one attached hydrogen (secondary N) is 3. The lowest BCUT2D eigenvalue weighted by Gasteiger charge is -2.32. The van der Waals surface area contributed by atoms with E-state index in [1.54, 1.807) is 30.9 Å². The van der Waals surface area contributed by atoms with Crippen LogP contribution in [0.3, 0.4) is 0 Å². The number of carbonyl (C=O) groups is 5. The highest BCUT2D eigenvalue weighted by molar-refractivity contribution is 5.99. The van der Waals surface area contributed by atoms with Crippen LogP contribution in [0.1, 0.15) is 57.3 Å². The molecule has 0 saturated carbocycles. The van der Waals surface area contributed by atoms with Crippen LogP contribution in [-0.2, 0) is 23.9 Å². The van der Waals surface area contributed by atoms with E-state index in [0.29, 0.717) is 38.3 Å². The van der Waals surface area contributed by atoms with E-state index in [0.717, 1.165) is 11.1 Å². The van der Waals surface area contributed by atoms with E-state index in [-0.39, 0.29) is 30.6 Å². The molecule has 1 heterocycles. The van der Waals surface area contributed by atoms with Crippen LogP contribution in [0.5, 0.6) is 0 Å². The molecule has 11 heteroatoms. The average molecular weight is 608 g/mol. The van der Waals surface area contributed by atoms with Gasteiger partial charge in [-0.25, -0.2) is 0 Å². The topological polar surface area (TPSA) is 160 Å². The number of nitrogens with two attached hydrogens (primary N) is 1. The number of carbonyl (C=O) groups excluding carboxylic acids is 5. The van der Waals surface area contributed by atoms with Crippen molar-refractivity contribution in [2.75, 3.05) is 26.3 Å². The molecule has 2 aromatic carbocycles. The molecule has 44 heavy (non-hydrogen) atoms. The molecule has 0 aromatic heterocycles. The second-order valence-electron chi connectivity index (χ2n) is 11.5. The van der Waals surface area contributed by atoms with Crippen LogP contribution in [0.4, 0.5) is 0 Å². The van der Waals surface area contributed by atoms with E-state index in [4.69, 9.17) is 10.5 Å². The molecule has 238 valence electrons. The molecule has 2 aromatic rings. The second-order valence-corrected chi connectivity index (χ2v) is 11.5. The minimum atomic E-state index is -0.996. The van der Waals surface area contributed by atoms with E-state index >= 15 is 0 Å². The monoisotopic (exact) mass is 607 g/mol. The van der Waals surface area contributed by atoms with E-state index in [1.807, 2.05) is 56.3 Å². The predicted molar refractivity (Wildman–Crippen MR) is 167 cm³/mol. The van der Waals surface area contributed by atoms with Gasteiger partial charge in [-0.05, 0) is 41.5 Å². The molecule has 1 saturated heterocycles. The number of morpholine rings is 1. The summed E-state index contributed by atoms with van der Waals surface area (Å²) in [6.45, 7) is 8.83. The number of primary amides is 1. The highest BCUT2D eigenvalue weighted by atomic mass is 16.5. The fraction of sp³-hybridized carbons (Fsp3) is 0.485. The summed E-state index contributed by atoms with van der Waals surface area (Å²) in [7, 11) is 0. The van der Waals surface area contributed by atoms with Gasteiger partial charge in [-0.3, -0.25) is 24.0 Å². The normalized spacial score (nSPS) is 15.9. The van der Waals surface area contributed by atoms with Crippen LogP contribution in [0.25, 0.3) is 11.1 Å². The number of rotatable bonds is 14. The molecule has 5 amide bonds. The molecule has 4 atom stereocenters. The Bertz CT molecular complexity index is 1280. The van der Waals surface area contributed by atoms with Crippen molar-refractivity contribution in [1.82, 2.24) is 20.9 Å². The third kappa shape index (κ3) is 9.63. The Balaban J connectivity index is 1.72. The van der Waals surface area contributed by atoms with Crippen LogP contribution in [0, 0.1) is 11.8 Å². The first-order chi connectivity index (χ1) is 21.0. The van der Waals surface area contributed by atoms with Crippen molar-refractivity contribution in [1.29, 1.82) is 0 Å². The number of amides is 5. The summed E-state index contributed by atoms with van der Waals surface area (Å²) in [6, 6.07) is 14.0. The van der Waals surface area contributed by atoms with Crippen molar-refractivity contribution in [3.63, 3.8) is 0 Å². The number of hydrogen-bond donors (Lipinski definition) is 4. The molecule has 11 nitrogen and oxygen atoms in total. The Morgan fingerprint density at radius 2 is 1.41 bits per heavy atom. The lowest BCUT2D eigenvalue weighted by molar-refractivity contribution is -0.141. The second kappa shape index (κ2) is 16.6. The first kappa shape index (κ1) is 34.2. The minimum Gasteiger partial charge on any atom is -0.378 e. The molecular formula is C33H45N5O6. The molecule has 0 radical (unpaired) electrons. The first-order valence-electron chi connectivity index (χ1n) is 15.2. The van der Waals surface area contributed by atoms with Crippen molar-refractivity contribution in [2.45, 2.75) is 65.1 Å². The van der Waals surface area contributed by atoms with Crippen molar-refractivity contribution in [2.24, 2.45) is 17.6 Å². The summed E-state index contributed by atoms with van der Waals surface area (Å²) >= 11 is 0. The summed E-state index contributed by atoms with van der Waals surface area (Å²) in [6.07, 6.45) is 0.548. The predicted octanol–water partition coefficient (Wildman–Crippen LogP) is 2.25. The van der Waals surface area contributed by atoms with Gasteiger partial charge in [0.2, 0.25) is 23.6 Å². The number of benzene rings is 2. The van der Waals surface area contributed by atoms with Gasteiger partial charge >= 0.3 is 0 Å². The van der Waals surface area contributed by atoms with Crippen molar-refractivity contribution >= 4 is 29.5 Å². The standard InChI is InChI=1S/C33H45N5O6/c1-5-22(4)29(37-30(40)25-13-11-24(12-14-25)23-9-7-6-8-10-23)32(42)36-28(21(2)3)31(41)35-26(15-16-27(34)39)33(43)38-17-19-44-20-18-38/h6-14,21-22,26,28-29H,5,15-20H2,1-4H3,(H2,34,39)(H,35,41)(H,36,42)(H,37,40)/t22-,26-,28+,29-/m0/s1. The fourth-order valence-electron chi connectivity index (χ4n) is 4.96. The summed E-state index contributed by atoms with van der Waals surface area (Å²) in [5.41, 5.74) is 7.72. The quantitative estimate of drug-likeness (QED) is 0.258. The van der Waals surface area contributed by atoms with Gasteiger partial charge in [-0.2, -0.15) is 0 Å². The highest BCUT2D eigenvalue weighted by Gasteiger charge is 2.34. The molecule has 5 N–H and O–H groups in total. The van der Waals surface area contributed by atoms with Crippen LogP contribution < -0.4 is 21.7 Å². The highest BCUT2D eigenvalue weighted by Crippen LogP contribution is 2.20. The largest absolute Gasteiger partial charge is 0.378 e. The molecule has 0 unspecified atom stereocenters. The first-order valence-corrected chi connectivity index (χ1v) is 15.2. The van der Waals surface area contributed by atoms with E-state index in [2.05, 4.69) is 16.0 Å². The molecular weight excluding hydrogens is 562 g/mol. The zero-order valence-corrected chi connectivity index (χ0v) is 26.0. The Morgan fingerprint density at radius 3 is 1.98 bits per heavy atom. The van der Waals surface area contributed by atoms with Crippen molar-refractivity contribution < 1.29 is 28.7 Å². The van der Waals surface area contributed by atoms with Gasteiger partial charge in [0.05, 0.1) is 13.2 Å². The van der Waals surface area contributed by atoms with Crippen molar-refractivity contribution in [3.05, 3.63) is 60.2 Å². The van der Waals surface area contributed by atoms with Gasteiger partial charge in [-0.15, -0.1) is 0 Å². The minimum absolute atomic E-state index is 0.0324. The smallest absolute Gasteiger partial charge is 0.251 e. The number of nitrogens with zero attached hydrogens (tertiary/aromatic N) is 1. The maximum absolute atomic E-state index is 13.6. The molecule has 1 fully saturated rings. The van der Waals surface area contributed by atoms with Crippen LogP contribution in [-0.4, -0.2) is 78.9 Å². The van der Waals surface area contributed by atoms with Gasteiger partial charge in [-0.1, -0.05) is 76.6 Å². The van der Waals surface area contributed by atoms with Crippen LogP contribution in [0.15, 0.2) is 54.6 Å². The Morgan fingerprint density at radius 1 is 0.818 bits per heavy atom. The van der Waals surface area contributed by atoms with Gasteiger partial charge in [0.15, 0.2) is 0 Å². The SMILES string of the molecule is CC[C@H](C)[C@H](NC(=O)c1ccc(-c2ccccc2)cc1)C(=O)N[C@@H](C(=O)N[C@@H](CCC(N)=O)C(=O)N1CCOCC1)C(C)C. The zero-order valence-electron chi connectivity index (χ0n) is 26.0. The lowest BCUT2D eigenvalue weighted by Crippen LogP contribution is -2.60. The van der Waals surface area contributed by atoms with Gasteiger partial charge in [0.25, 0.3) is 5.91 Å². The van der Waals surface area contributed by atoms with Crippen LogP contribution in [0.2, 0.25) is 0 Å². The Labute approximate surface area is 259 Å². The maximum Gasteiger partial charge on any atom is 0.251 e. The number of ether oxygens (including phenoxy) is 1. The molecule has 0 aliphatic carbocycles. The maximum atomic E-state index is 13.6. The van der Waals surface area contributed by atoms with Crippen molar-refractivity contribution in [3.8, 4) is 11.1 Å². The molecule has 0 spiro atoms. The summed E-state index contributed by atoms with van der Waals surface area (Å²) in [4.78, 5) is 66.6. The van der Waals surface area contributed by atoms with Crippen LogP contribution >= 0.6 is 0 Å². The molecule has 1 aliphatic heterocycles. The molecule has 3 rings (SSSR count). The average Bonchev–Trinajstić information content (AvgIpc) is 3.04. The van der Waals surface area contributed by atoms with Gasteiger partial charge < -0.3 is 31.3 Å². The lowest BCUT2D eigenvalue weighted by atomic mass is 9.95. The third-order valence-electron chi connectivity index (χ3n) is 7.90. The van der Waals surface area contributed by atoms with E-state index in [1.165, 1.54) is 0 Å². The summed E-state index contributed by atoms with van der Waals surface area (Å²) < 4.78 is 5.32. The summed E-state index contributed by atoms with van der Waals surface area (Å²) in [5, 5.41) is 8.40. The van der Waals surface area contributed by atoms with Gasteiger partial charge in [0, 0.05) is 25.1 Å². The Kier molecular flexibility index (Phi) is 12.9. The molecule has 1 aliphatic rings. The Hall–Kier alpha value is -4.25. The molecule has 0 bridgehead atoms. The van der Waals surface area contributed by atoms with E-state index in [9.17, 15) is 24.0 Å². The summed E-state index contributed by atoms with van der Waals surface area (Å²) in [5.74, 6) is -2.96. The zero-order chi connectivity index (χ0) is 32.2. The van der Waals surface area contributed by atoms with Gasteiger partial charge in [0.1, 0.15) is 18.1 Å². The third-order valence-corrected chi connectivity index (χ3v) is 7.90. The van der Waals surface area contributed by atoms with E-state index < -0.39 is 41.8 Å². The fourth-order valence-corrected chi connectivity index (χ4v) is 4.96.